The normalized spacial score (nSPS) is 10.5. The number of aromatic carboxylic acids is 1. The molecule has 0 aliphatic carbocycles. The third kappa shape index (κ3) is 3.21. The number of hydrogen-bond acceptors (Lipinski definition) is 4. The van der Waals surface area contributed by atoms with E-state index in [9.17, 15) is 9.59 Å². The summed E-state index contributed by atoms with van der Waals surface area (Å²) in [5.41, 5.74) is 0.251. The largest absolute Gasteiger partial charge is 0.478 e. The van der Waals surface area contributed by atoms with Crippen molar-refractivity contribution in [3.05, 3.63) is 28.0 Å². The van der Waals surface area contributed by atoms with Crippen LogP contribution >= 0.6 is 11.3 Å². The summed E-state index contributed by atoms with van der Waals surface area (Å²) in [6, 6.07) is 1.53. The van der Waals surface area contributed by atoms with E-state index in [0.29, 0.717) is 4.88 Å². The Bertz CT molecular complexity index is 392. The third-order valence-corrected chi connectivity index (χ3v) is 2.59. The molecule has 0 fully saturated rings. The van der Waals surface area contributed by atoms with E-state index in [1.807, 2.05) is 0 Å². The second kappa shape index (κ2) is 5.31. The molecule has 4 nitrogen and oxygen atoms in total. The van der Waals surface area contributed by atoms with Gasteiger partial charge in [-0.05, 0) is 17.5 Å². The van der Waals surface area contributed by atoms with Crippen LogP contribution in [0.1, 0.15) is 21.7 Å². The third-order valence-electron chi connectivity index (χ3n) is 1.71. The Morgan fingerprint density at radius 3 is 2.93 bits per heavy atom. The van der Waals surface area contributed by atoms with Gasteiger partial charge in [-0.3, -0.25) is 4.79 Å². The summed E-state index contributed by atoms with van der Waals surface area (Å²) < 4.78 is 4.44. The van der Waals surface area contributed by atoms with Crippen molar-refractivity contribution in [3.63, 3.8) is 0 Å². The average Bonchev–Trinajstić information content (AvgIpc) is 2.65. The minimum Gasteiger partial charge on any atom is -0.478 e. The first-order valence-corrected chi connectivity index (χ1v) is 5.07. The zero-order valence-corrected chi connectivity index (χ0v) is 8.91. The quantitative estimate of drug-likeness (QED) is 0.798. The highest BCUT2D eigenvalue weighted by molar-refractivity contribution is 7.11. The molecule has 15 heavy (non-hydrogen) atoms. The molecule has 0 unspecified atom stereocenters. The van der Waals surface area contributed by atoms with Gasteiger partial charge in [0.1, 0.15) is 0 Å². The first-order chi connectivity index (χ1) is 7.15. The van der Waals surface area contributed by atoms with Crippen LogP contribution in [0.4, 0.5) is 0 Å². The van der Waals surface area contributed by atoms with E-state index < -0.39 is 5.97 Å². The Balaban J connectivity index is 2.68. The van der Waals surface area contributed by atoms with Crippen molar-refractivity contribution in [1.82, 2.24) is 0 Å². The van der Waals surface area contributed by atoms with Crippen molar-refractivity contribution in [2.45, 2.75) is 6.42 Å². The summed E-state index contributed by atoms with van der Waals surface area (Å²) in [7, 11) is 1.31. The minimum atomic E-state index is -0.964. The lowest BCUT2D eigenvalue weighted by atomic mass is 10.2. The summed E-state index contributed by atoms with van der Waals surface area (Å²) in [5.74, 6) is -1.31. The van der Waals surface area contributed by atoms with Gasteiger partial charge in [0.05, 0.1) is 19.1 Å². The minimum absolute atomic E-state index is 0.146. The van der Waals surface area contributed by atoms with Crippen LogP contribution < -0.4 is 0 Å². The van der Waals surface area contributed by atoms with Gasteiger partial charge in [-0.15, -0.1) is 11.3 Å². The van der Waals surface area contributed by atoms with E-state index in [2.05, 4.69) is 4.74 Å². The first-order valence-electron chi connectivity index (χ1n) is 4.19. The average molecular weight is 226 g/mol. The first kappa shape index (κ1) is 11.5. The SMILES string of the molecule is COC(=O)CC=Cc1sccc1C(=O)O. The van der Waals surface area contributed by atoms with Gasteiger partial charge in [0, 0.05) is 4.88 Å². The van der Waals surface area contributed by atoms with Gasteiger partial charge in [-0.25, -0.2) is 4.79 Å². The molecule has 0 spiro atoms. The van der Waals surface area contributed by atoms with Gasteiger partial charge in [0.25, 0.3) is 0 Å². The molecule has 1 aromatic rings. The fourth-order valence-corrected chi connectivity index (χ4v) is 1.78. The molecule has 0 saturated heterocycles. The van der Waals surface area contributed by atoms with Crippen molar-refractivity contribution in [1.29, 1.82) is 0 Å². The van der Waals surface area contributed by atoms with E-state index in [4.69, 9.17) is 5.11 Å². The highest BCUT2D eigenvalue weighted by Gasteiger charge is 2.08. The number of hydrogen-bond donors (Lipinski definition) is 1. The number of esters is 1. The molecule has 0 atom stereocenters. The smallest absolute Gasteiger partial charge is 0.337 e. The van der Waals surface area contributed by atoms with Crippen LogP contribution in [0.15, 0.2) is 17.5 Å². The summed E-state index contributed by atoms with van der Waals surface area (Å²) in [5, 5.41) is 10.5. The Morgan fingerprint density at radius 2 is 2.33 bits per heavy atom. The second-order valence-corrected chi connectivity index (χ2v) is 3.63. The van der Waals surface area contributed by atoms with Crippen LogP contribution in [-0.2, 0) is 9.53 Å². The monoisotopic (exact) mass is 226 g/mol. The summed E-state index contributed by atoms with van der Waals surface area (Å²) in [6.45, 7) is 0. The van der Waals surface area contributed by atoms with E-state index in [1.54, 1.807) is 17.5 Å². The number of carboxylic acids is 1. The fourth-order valence-electron chi connectivity index (χ4n) is 0.972. The molecular weight excluding hydrogens is 216 g/mol. The van der Waals surface area contributed by atoms with Crippen molar-refractivity contribution in [3.8, 4) is 0 Å². The molecule has 0 radical (unpaired) electrons. The van der Waals surface area contributed by atoms with E-state index in [1.165, 1.54) is 24.5 Å². The van der Waals surface area contributed by atoms with Gasteiger partial charge >= 0.3 is 11.9 Å². The molecule has 0 aromatic carbocycles. The summed E-state index contributed by atoms with van der Waals surface area (Å²) in [4.78, 5) is 22.1. The molecule has 1 heterocycles. The van der Waals surface area contributed by atoms with Crippen LogP contribution in [0.2, 0.25) is 0 Å². The number of rotatable bonds is 4. The predicted molar refractivity (Wildman–Crippen MR) is 56.9 cm³/mol. The molecule has 0 aliphatic rings. The molecule has 0 bridgehead atoms. The van der Waals surface area contributed by atoms with Crippen molar-refractivity contribution in [2.75, 3.05) is 7.11 Å². The molecule has 0 amide bonds. The van der Waals surface area contributed by atoms with E-state index >= 15 is 0 Å². The zero-order chi connectivity index (χ0) is 11.3. The molecular formula is C10H10O4S. The highest BCUT2D eigenvalue weighted by Crippen LogP contribution is 2.18. The van der Waals surface area contributed by atoms with Gasteiger partial charge < -0.3 is 9.84 Å². The number of ether oxygens (including phenoxy) is 1. The summed E-state index contributed by atoms with van der Waals surface area (Å²) in [6.07, 6.45) is 3.35. The number of carbonyl (C=O) groups is 2. The van der Waals surface area contributed by atoms with Gasteiger partial charge in [0.2, 0.25) is 0 Å². The molecule has 1 aromatic heterocycles. The molecule has 1 N–H and O–H groups in total. The number of thiophene rings is 1. The number of carbonyl (C=O) groups excluding carboxylic acids is 1. The van der Waals surface area contributed by atoms with Crippen LogP contribution in [0, 0.1) is 0 Å². The van der Waals surface area contributed by atoms with Crippen molar-refractivity contribution < 1.29 is 19.4 Å². The fraction of sp³-hybridized carbons (Fsp3) is 0.200. The highest BCUT2D eigenvalue weighted by atomic mass is 32.1. The maximum absolute atomic E-state index is 10.8. The lowest BCUT2D eigenvalue weighted by Gasteiger charge is -1.93. The Labute approximate surface area is 90.8 Å². The van der Waals surface area contributed by atoms with Gasteiger partial charge in [0.15, 0.2) is 0 Å². The molecule has 0 aliphatic heterocycles. The second-order valence-electron chi connectivity index (χ2n) is 2.69. The summed E-state index contributed by atoms with van der Waals surface area (Å²) >= 11 is 1.32. The van der Waals surface area contributed by atoms with E-state index in [0.717, 1.165) is 0 Å². The Hall–Kier alpha value is -1.62. The van der Waals surface area contributed by atoms with Crippen LogP contribution in [0.25, 0.3) is 6.08 Å². The lowest BCUT2D eigenvalue weighted by molar-refractivity contribution is -0.139. The molecule has 80 valence electrons. The standard InChI is InChI=1S/C10H10O4S/c1-14-9(11)4-2-3-8-7(10(12)13)5-6-15-8/h2-3,5-6H,4H2,1H3,(H,12,13). The molecule has 0 saturated carbocycles. The molecule has 5 heteroatoms. The Morgan fingerprint density at radius 1 is 1.60 bits per heavy atom. The maximum Gasteiger partial charge on any atom is 0.337 e. The van der Waals surface area contributed by atoms with E-state index in [-0.39, 0.29) is 18.0 Å². The predicted octanol–water partition coefficient (Wildman–Crippen LogP) is 2.02. The number of carboxylic acid groups (broad SMARTS) is 1. The topological polar surface area (TPSA) is 63.6 Å². The maximum atomic E-state index is 10.8. The van der Waals surface area contributed by atoms with Crippen LogP contribution in [0.5, 0.6) is 0 Å². The van der Waals surface area contributed by atoms with Crippen molar-refractivity contribution >= 4 is 29.4 Å². The van der Waals surface area contributed by atoms with Gasteiger partial charge in [-0.2, -0.15) is 0 Å². The lowest BCUT2D eigenvalue weighted by Crippen LogP contribution is -1.97. The van der Waals surface area contributed by atoms with Crippen molar-refractivity contribution in [2.24, 2.45) is 0 Å². The Kier molecular flexibility index (Phi) is 4.05. The number of methoxy groups -OCH3 is 1. The molecule has 1 rings (SSSR count). The zero-order valence-electron chi connectivity index (χ0n) is 8.10. The van der Waals surface area contributed by atoms with Gasteiger partial charge in [-0.1, -0.05) is 6.08 Å². The van der Waals surface area contributed by atoms with Crippen LogP contribution in [-0.4, -0.2) is 24.2 Å². The van der Waals surface area contributed by atoms with Crippen LogP contribution in [0.3, 0.4) is 0 Å².